The molecule has 22 heavy (non-hydrogen) atoms. The number of benzene rings is 1. The second kappa shape index (κ2) is 9.86. The molecule has 0 saturated carbocycles. The molecule has 0 aliphatic carbocycles. The van der Waals surface area contributed by atoms with Gasteiger partial charge < -0.3 is 14.6 Å². The van der Waals surface area contributed by atoms with Gasteiger partial charge in [0.25, 0.3) is 0 Å². The van der Waals surface area contributed by atoms with Crippen molar-refractivity contribution in [2.75, 3.05) is 19.8 Å². The number of rotatable bonds is 10. The zero-order valence-corrected chi connectivity index (χ0v) is 14.8. The zero-order chi connectivity index (χ0) is 16.5. The minimum Gasteiger partial charge on any atom is -0.490 e. The zero-order valence-electron chi connectivity index (χ0n) is 14.8. The fourth-order valence-electron chi connectivity index (χ4n) is 2.44. The van der Waals surface area contributed by atoms with Crippen LogP contribution in [-0.2, 0) is 4.74 Å². The van der Waals surface area contributed by atoms with Crippen LogP contribution in [0.1, 0.15) is 70.4 Å². The van der Waals surface area contributed by atoms with Crippen LogP contribution in [-0.4, -0.2) is 31.0 Å². The molecular weight excluding hydrogens is 276 g/mol. The summed E-state index contributed by atoms with van der Waals surface area (Å²) in [5.41, 5.74) is 2.48. The molecule has 3 atom stereocenters. The summed E-state index contributed by atoms with van der Waals surface area (Å²) in [5.74, 6) is 1.85. The van der Waals surface area contributed by atoms with Gasteiger partial charge in [-0.05, 0) is 42.7 Å². The molecule has 0 fully saturated rings. The van der Waals surface area contributed by atoms with E-state index in [2.05, 4.69) is 45.9 Å². The highest BCUT2D eigenvalue weighted by Crippen LogP contribution is 2.36. The minimum atomic E-state index is -0.588. The van der Waals surface area contributed by atoms with Crippen LogP contribution in [0.5, 0.6) is 5.75 Å². The van der Waals surface area contributed by atoms with E-state index in [1.165, 1.54) is 11.1 Å². The van der Waals surface area contributed by atoms with Gasteiger partial charge in [0.05, 0.1) is 6.61 Å². The number of ether oxygens (including phenoxy) is 2. The third kappa shape index (κ3) is 5.29. The summed E-state index contributed by atoms with van der Waals surface area (Å²) < 4.78 is 11.3. The van der Waals surface area contributed by atoms with Crippen molar-refractivity contribution < 1.29 is 14.6 Å². The van der Waals surface area contributed by atoms with Crippen LogP contribution in [0.2, 0.25) is 0 Å². The molecule has 3 nitrogen and oxygen atoms in total. The molecule has 1 N–H and O–H groups in total. The molecule has 0 aromatic heterocycles. The summed E-state index contributed by atoms with van der Waals surface area (Å²) in [5, 5.41) is 9.96. The van der Waals surface area contributed by atoms with Crippen LogP contribution in [0, 0.1) is 0 Å². The van der Waals surface area contributed by atoms with Crippen molar-refractivity contribution in [3.05, 3.63) is 29.3 Å². The normalized spacial score (nSPS) is 15.4. The predicted molar refractivity (Wildman–Crippen MR) is 91.8 cm³/mol. The molecule has 0 aliphatic rings. The number of hydrogen-bond acceptors (Lipinski definition) is 3. The van der Waals surface area contributed by atoms with Crippen molar-refractivity contribution in [3.63, 3.8) is 0 Å². The summed E-state index contributed by atoms with van der Waals surface area (Å²) in [6.07, 6.45) is 1.55. The Hall–Kier alpha value is -1.06. The topological polar surface area (TPSA) is 38.7 Å². The van der Waals surface area contributed by atoms with Crippen LogP contribution >= 0.6 is 0 Å². The number of hydrogen-bond donors (Lipinski definition) is 1. The van der Waals surface area contributed by atoms with Crippen LogP contribution in [0.3, 0.4) is 0 Å². The van der Waals surface area contributed by atoms with Crippen molar-refractivity contribution >= 4 is 0 Å². The molecule has 0 aliphatic heterocycles. The lowest BCUT2D eigenvalue weighted by molar-refractivity contribution is 0.0159. The van der Waals surface area contributed by atoms with Gasteiger partial charge in [-0.25, -0.2) is 0 Å². The average molecular weight is 308 g/mol. The van der Waals surface area contributed by atoms with Crippen molar-refractivity contribution in [1.29, 1.82) is 0 Å². The molecule has 0 saturated heterocycles. The first-order valence-electron chi connectivity index (χ1n) is 8.56. The van der Waals surface area contributed by atoms with Gasteiger partial charge in [0.1, 0.15) is 18.5 Å². The summed E-state index contributed by atoms with van der Waals surface area (Å²) in [6, 6.07) is 6.40. The Bertz CT molecular complexity index is 402. The maximum atomic E-state index is 9.96. The molecule has 0 amide bonds. The largest absolute Gasteiger partial charge is 0.490 e. The second-order valence-corrected chi connectivity index (χ2v) is 6.01. The van der Waals surface area contributed by atoms with E-state index in [0.29, 0.717) is 25.0 Å². The van der Waals surface area contributed by atoms with E-state index in [1.807, 2.05) is 6.92 Å². The predicted octanol–water partition coefficient (Wildman–Crippen LogP) is 4.49. The quantitative estimate of drug-likeness (QED) is 0.692. The Morgan fingerprint density at radius 3 is 1.95 bits per heavy atom. The summed E-state index contributed by atoms with van der Waals surface area (Å²) in [6.45, 7) is 11.9. The summed E-state index contributed by atoms with van der Waals surface area (Å²) in [4.78, 5) is 0. The molecule has 3 heteroatoms. The first-order chi connectivity index (χ1) is 10.5. The molecule has 1 rings (SSSR count). The van der Waals surface area contributed by atoms with Gasteiger partial charge in [-0.3, -0.25) is 0 Å². The molecule has 3 unspecified atom stereocenters. The average Bonchev–Trinajstić information content (AvgIpc) is 2.56. The SMILES string of the molecule is CCOCC(O)COc1c(C(C)CC)cccc1C(C)CC. The molecule has 0 bridgehead atoms. The Morgan fingerprint density at radius 1 is 0.955 bits per heavy atom. The summed E-state index contributed by atoms with van der Waals surface area (Å²) >= 11 is 0. The van der Waals surface area contributed by atoms with E-state index >= 15 is 0 Å². The standard InChI is InChI=1S/C19H32O3/c1-6-14(4)17-10-9-11-18(15(5)7-2)19(17)22-13-16(20)12-21-8-3/h9-11,14-16,20H,6-8,12-13H2,1-5H3. The van der Waals surface area contributed by atoms with Gasteiger partial charge in [-0.2, -0.15) is 0 Å². The first-order valence-corrected chi connectivity index (χ1v) is 8.56. The smallest absolute Gasteiger partial charge is 0.126 e. The van der Waals surface area contributed by atoms with Crippen molar-refractivity contribution in [3.8, 4) is 5.75 Å². The molecule has 0 heterocycles. The van der Waals surface area contributed by atoms with E-state index in [9.17, 15) is 5.11 Å². The highest BCUT2D eigenvalue weighted by atomic mass is 16.5. The van der Waals surface area contributed by atoms with Gasteiger partial charge in [-0.15, -0.1) is 0 Å². The maximum absolute atomic E-state index is 9.96. The third-order valence-electron chi connectivity index (χ3n) is 4.30. The van der Waals surface area contributed by atoms with Gasteiger partial charge in [0, 0.05) is 6.61 Å². The van der Waals surface area contributed by atoms with E-state index in [4.69, 9.17) is 9.47 Å². The molecular formula is C19H32O3. The maximum Gasteiger partial charge on any atom is 0.126 e. The number of aliphatic hydroxyl groups excluding tert-OH is 1. The Labute approximate surface area is 135 Å². The Kier molecular flexibility index (Phi) is 8.51. The fourth-order valence-corrected chi connectivity index (χ4v) is 2.44. The van der Waals surface area contributed by atoms with Crippen molar-refractivity contribution in [2.45, 2.75) is 65.4 Å². The third-order valence-corrected chi connectivity index (χ3v) is 4.30. The van der Waals surface area contributed by atoms with Gasteiger partial charge in [0.15, 0.2) is 0 Å². The Balaban J connectivity index is 2.96. The lowest BCUT2D eigenvalue weighted by Crippen LogP contribution is -2.24. The molecule has 0 radical (unpaired) electrons. The van der Waals surface area contributed by atoms with E-state index in [1.54, 1.807) is 0 Å². The number of aliphatic hydroxyl groups is 1. The van der Waals surface area contributed by atoms with Gasteiger partial charge in [-0.1, -0.05) is 45.9 Å². The lowest BCUT2D eigenvalue weighted by atomic mass is 9.90. The lowest BCUT2D eigenvalue weighted by Gasteiger charge is -2.23. The van der Waals surface area contributed by atoms with Crippen LogP contribution in [0.25, 0.3) is 0 Å². The van der Waals surface area contributed by atoms with E-state index in [0.717, 1.165) is 18.6 Å². The highest BCUT2D eigenvalue weighted by Gasteiger charge is 2.18. The summed E-state index contributed by atoms with van der Waals surface area (Å²) in [7, 11) is 0. The van der Waals surface area contributed by atoms with Crippen molar-refractivity contribution in [1.82, 2.24) is 0 Å². The van der Waals surface area contributed by atoms with Gasteiger partial charge in [0.2, 0.25) is 0 Å². The van der Waals surface area contributed by atoms with E-state index < -0.39 is 6.10 Å². The molecule has 0 spiro atoms. The second-order valence-electron chi connectivity index (χ2n) is 6.01. The molecule has 126 valence electrons. The van der Waals surface area contributed by atoms with Crippen LogP contribution in [0.15, 0.2) is 18.2 Å². The fraction of sp³-hybridized carbons (Fsp3) is 0.684. The molecule has 1 aromatic carbocycles. The van der Waals surface area contributed by atoms with E-state index in [-0.39, 0.29) is 6.61 Å². The minimum absolute atomic E-state index is 0.275. The van der Waals surface area contributed by atoms with Crippen molar-refractivity contribution in [2.24, 2.45) is 0 Å². The first kappa shape index (κ1) is 19.0. The highest BCUT2D eigenvalue weighted by molar-refractivity contribution is 5.45. The Morgan fingerprint density at radius 2 is 1.50 bits per heavy atom. The number of para-hydroxylation sites is 1. The van der Waals surface area contributed by atoms with Gasteiger partial charge >= 0.3 is 0 Å². The van der Waals surface area contributed by atoms with Crippen LogP contribution in [0.4, 0.5) is 0 Å². The monoisotopic (exact) mass is 308 g/mol. The van der Waals surface area contributed by atoms with Crippen LogP contribution < -0.4 is 4.74 Å². The molecule has 1 aromatic rings.